The van der Waals surface area contributed by atoms with Crippen molar-refractivity contribution in [3.8, 4) is 0 Å². The monoisotopic (exact) mass is 282 g/mol. The van der Waals surface area contributed by atoms with Crippen LogP contribution in [0.25, 0.3) is 0 Å². The van der Waals surface area contributed by atoms with Gasteiger partial charge in [-0.1, -0.05) is 26.2 Å². The van der Waals surface area contributed by atoms with Crippen LogP contribution in [0.5, 0.6) is 0 Å². The molecular weight excluding hydrogens is 256 g/mol. The maximum Gasteiger partial charge on any atom is 0.109 e. The lowest BCUT2D eigenvalue weighted by atomic mass is 9.74. The molecule has 0 amide bonds. The van der Waals surface area contributed by atoms with Gasteiger partial charge in [0.1, 0.15) is 5.01 Å². The molecule has 1 atom stereocenters. The molecule has 0 aliphatic heterocycles. The molecule has 3 nitrogen and oxygen atoms in total. The highest BCUT2D eigenvalue weighted by molar-refractivity contribution is 7.11. The molecule has 1 aromatic heterocycles. The predicted molar refractivity (Wildman–Crippen MR) is 80.5 cm³/mol. The summed E-state index contributed by atoms with van der Waals surface area (Å²) in [5.74, 6) is 0. The van der Waals surface area contributed by atoms with E-state index in [0.29, 0.717) is 6.61 Å². The van der Waals surface area contributed by atoms with E-state index >= 15 is 0 Å². The zero-order chi connectivity index (χ0) is 13.7. The van der Waals surface area contributed by atoms with Crippen LogP contribution in [0.2, 0.25) is 0 Å². The average Bonchev–Trinajstić information content (AvgIpc) is 2.95. The predicted octanol–water partition coefficient (Wildman–Crippen LogP) is 3.30. The first-order valence-corrected chi connectivity index (χ1v) is 8.29. The molecule has 1 unspecified atom stereocenters. The molecule has 1 aliphatic carbocycles. The summed E-state index contributed by atoms with van der Waals surface area (Å²) < 4.78 is 0. The number of aryl methyl sites for hydroxylation is 1. The smallest absolute Gasteiger partial charge is 0.109 e. The van der Waals surface area contributed by atoms with Crippen molar-refractivity contribution in [3.63, 3.8) is 0 Å². The van der Waals surface area contributed by atoms with Gasteiger partial charge in [-0.15, -0.1) is 11.3 Å². The average molecular weight is 282 g/mol. The van der Waals surface area contributed by atoms with E-state index in [-0.39, 0.29) is 11.5 Å². The van der Waals surface area contributed by atoms with Crippen molar-refractivity contribution in [1.82, 2.24) is 10.3 Å². The highest BCUT2D eigenvalue weighted by Crippen LogP contribution is 2.35. The summed E-state index contributed by atoms with van der Waals surface area (Å²) in [6.07, 6.45) is 9.19. The minimum absolute atomic E-state index is 0.108. The van der Waals surface area contributed by atoms with E-state index in [1.807, 2.05) is 6.20 Å². The Labute approximate surface area is 120 Å². The number of hydrogen-bond donors (Lipinski definition) is 2. The topological polar surface area (TPSA) is 45.2 Å². The van der Waals surface area contributed by atoms with Crippen molar-refractivity contribution in [2.45, 2.75) is 58.4 Å². The first-order valence-electron chi connectivity index (χ1n) is 7.48. The fraction of sp³-hybridized carbons (Fsp3) is 0.800. The van der Waals surface area contributed by atoms with Crippen molar-refractivity contribution in [2.75, 3.05) is 13.2 Å². The van der Waals surface area contributed by atoms with Crippen molar-refractivity contribution < 1.29 is 5.11 Å². The van der Waals surface area contributed by atoms with Crippen LogP contribution in [-0.4, -0.2) is 23.2 Å². The van der Waals surface area contributed by atoms with Gasteiger partial charge in [0.2, 0.25) is 0 Å². The molecule has 19 heavy (non-hydrogen) atoms. The van der Waals surface area contributed by atoms with Gasteiger partial charge < -0.3 is 10.4 Å². The highest BCUT2D eigenvalue weighted by atomic mass is 32.1. The zero-order valence-electron chi connectivity index (χ0n) is 12.1. The minimum Gasteiger partial charge on any atom is -0.396 e. The Hall–Kier alpha value is -0.450. The van der Waals surface area contributed by atoms with Gasteiger partial charge in [0.25, 0.3) is 0 Å². The third-order valence-corrected chi connectivity index (χ3v) is 5.65. The highest BCUT2D eigenvalue weighted by Gasteiger charge is 2.31. The lowest BCUT2D eigenvalue weighted by Gasteiger charge is -2.36. The lowest BCUT2D eigenvalue weighted by molar-refractivity contribution is 0.0789. The molecule has 0 spiro atoms. The Morgan fingerprint density at radius 1 is 1.42 bits per heavy atom. The van der Waals surface area contributed by atoms with E-state index < -0.39 is 0 Å². The van der Waals surface area contributed by atoms with E-state index in [2.05, 4.69) is 24.1 Å². The molecule has 0 bridgehead atoms. The Balaban J connectivity index is 1.89. The summed E-state index contributed by atoms with van der Waals surface area (Å²) in [5.41, 5.74) is 0.108. The SMILES string of the molecule is CCc1cnc(C(C)NCC2(CO)CCCCC2)s1. The fourth-order valence-electron chi connectivity index (χ4n) is 2.84. The Kier molecular flexibility index (Phi) is 5.37. The summed E-state index contributed by atoms with van der Waals surface area (Å²) in [7, 11) is 0. The van der Waals surface area contributed by atoms with Crippen LogP contribution < -0.4 is 5.32 Å². The van der Waals surface area contributed by atoms with Gasteiger partial charge in [-0.05, 0) is 26.2 Å². The van der Waals surface area contributed by atoms with Crippen LogP contribution in [0.1, 0.15) is 61.9 Å². The summed E-state index contributed by atoms with van der Waals surface area (Å²) in [6.45, 7) is 5.56. The third kappa shape index (κ3) is 3.77. The van der Waals surface area contributed by atoms with E-state index in [9.17, 15) is 5.11 Å². The molecule has 0 aromatic carbocycles. The molecule has 1 aliphatic rings. The molecule has 4 heteroatoms. The minimum atomic E-state index is 0.108. The van der Waals surface area contributed by atoms with Gasteiger partial charge in [0, 0.05) is 29.6 Å². The number of nitrogens with zero attached hydrogens (tertiary/aromatic N) is 1. The number of nitrogens with one attached hydrogen (secondary N) is 1. The first-order chi connectivity index (χ1) is 9.19. The summed E-state index contributed by atoms with van der Waals surface area (Å²) in [4.78, 5) is 5.84. The number of thiazole rings is 1. The van der Waals surface area contributed by atoms with E-state index in [1.54, 1.807) is 11.3 Å². The van der Waals surface area contributed by atoms with Crippen LogP contribution in [-0.2, 0) is 6.42 Å². The molecule has 2 rings (SSSR count). The third-order valence-electron chi connectivity index (χ3n) is 4.32. The van der Waals surface area contributed by atoms with E-state index in [4.69, 9.17) is 0 Å². The quantitative estimate of drug-likeness (QED) is 0.841. The summed E-state index contributed by atoms with van der Waals surface area (Å²) >= 11 is 1.80. The van der Waals surface area contributed by atoms with Crippen molar-refractivity contribution >= 4 is 11.3 Å². The van der Waals surface area contributed by atoms with Crippen LogP contribution in [0.4, 0.5) is 0 Å². The molecule has 1 fully saturated rings. The summed E-state index contributed by atoms with van der Waals surface area (Å²) in [5, 5.41) is 14.5. The molecule has 0 radical (unpaired) electrons. The van der Waals surface area contributed by atoms with Gasteiger partial charge >= 0.3 is 0 Å². The van der Waals surface area contributed by atoms with Crippen molar-refractivity contribution in [2.24, 2.45) is 5.41 Å². The lowest BCUT2D eigenvalue weighted by Crippen LogP contribution is -2.39. The van der Waals surface area contributed by atoms with Gasteiger partial charge in [0.15, 0.2) is 0 Å². The number of rotatable bonds is 6. The van der Waals surface area contributed by atoms with Crippen LogP contribution in [0.3, 0.4) is 0 Å². The number of aromatic nitrogens is 1. The first kappa shape index (κ1) is 14.9. The van der Waals surface area contributed by atoms with E-state index in [1.165, 1.54) is 29.1 Å². The molecule has 1 saturated carbocycles. The van der Waals surface area contributed by atoms with Gasteiger partial charge in [-0.25, -0.2) is 4.98 Å². The molecule has 1 aromatic rings. The second kappa shape index (κ2) is 6.82. The zero-order valence-corrected chi connectivity index (χ0v) is 12.9. The van der Waals surface area contributed by atoms with Crippen molar-refractivity contribution in [3.05, 3.63) is 16.1 Å². The van der Waals surface area contributed by atoms with Gasteiger partial charge in [-0.2, -0.15) is 0 Å². The Morgan fingerprint density at radius 3 is 2.74 bits per heavy atom. The van der Waals surface area contributed by atoms with Crippen molar-refractivity contribution in [1.29, 1.82) is 0 Å². The Morgan fingerprint density at radius 2 is 2.16 bits per heavy atom. The fourth-order valence-corrected chi connectivity index (χ4v) is 3.72. The summed E-state index contributed by atoms with van der Waals surface area (Å²) in [6, 6.07) is 0.288. The Bertz CT molecular complexity index is 385. The second-order valence-electron chi connectivity index (χ2n) is 5.84. The van der Waals surface area contributed by atoms with Gasteiger partial charge in [0.05, 0.1) is 6.04 Å². The molecule has 108 valence electrons. The second-order valence-corrected chi connectivity index (χ2v) is 6.99. The molecule has 1 heterocycles. The van der Waals surface area contributed by atoms with Gasteiger partial charge in [-0.3, -0.25) is 0 Å². The molecule has 0 saturated heterocycles. The molecular formula is C15H26N2OS. The number of aliphatic hydroxyl groups excluding tert-OH is 1. The number of aliphatic hydroxyl groups is 1. The van der Waals surface area contributed by atoms with Crippen LogP contribution in [0, 0.1) is 5.41 Å². The number of hydrogen-bond acceptors (Lipinski definition) is 4. The molecule has 2 N–H and O–H groups in total. The largest absolute Gasteiger partial charge is 0.396 e. The van der Waals surface area contributed by atoms with Crippen LogP contribution in [0.15, 0.2) is 6.20 Å². The normalized spacial score (nSPS) is 20.4. The van der Waals surface area contributed by atoms with E-state index in [0.717, 1.165) is 25.8 Å². The maximum absolute atomic E-state index is 9.71. The maximum atomic E-state index is 9.71. The van der Waals surface area contributed by atoms with Crippen LogP contribution >= 0.6 is 11.3 Å². The standard InChI is InChI=1S/C15H26N2OS/c1-3-13-9-16-14(19-13)12(2)17-10-15(11-18)7-5-4-6-8-15/h9,12,17-18H,3-8,10-11H2,1-2H3.